The van der Waals surface area contributed by atoms with Crippen LogP contribution in [0.15, 0.2) is 0 Å². The SMILES string of the molecule is C#C[C@@]1(CO)[C@H](O)CCC(C)(C)[C@@H]1CCC#C[Si](C)(C)C. The van der Waals surface area contributed by atoms with Crippen molar-refractivity contribution in [2.75, 3.05) is 6.61 Å². The van der Waals surface area contributed by atoms with Crippen molar-refractivity contribution < 1.29 is 10.2 Å². The average molecular weight is 307 g/mol. The molecule has 0 amide bonds. The summed E-state index contributed by atoms with van der Waals surface area (Å²) in [5.74, 6) is 6.13. The van der Waals surface area contributed by atoms with Crippen molar-refractivity contribution in [3.63, 3.8) is 0 Å². The highest BCUT2D eigenvalue weighted by Gasteiger charge is 2.52. The fraction of sp³-hybridized carbons (Fsp3) is 0.778. The molecule has 3 heteroatoms. The zero-order valence-electron chi connectivity index (χ0n) is 14.2. The Labute approximate surface area is 131 Å². The molecule has 1 saturated carbocycles. The lowest BCUT2D eigenvalue weighted by Gasteiger charge is -2.51. The lowest BCUT2D eigenvalue weighted by molar-refractivity contribution is -0.100. The predicted octanol–water partition coefficient (Wildman–Crippen LogP) is 3.06. The van der Waals surface area contributed by atoms with Crippen LogP contribution in [-0.2, 0) is 0 Å². The fourth-order valence-corrected chi connectivity index (χ4v) is 4.18. The van der Waals surface area contributed by atoms with Crippen LogP contribution in [0.3, 0.4) is 0 Å². The number of hydrogen-bond donors (Lipinski definition) is 2. The molecule has 0 aromatic carbocycles. The van der Waals surface area contributed by atoms with E-state index in [2.05, 4.69) is 50.9 Å². The molecule has 1 aliphatic rings. The standard InChI is InChI=1S/C18H30O2Si/c1-7-18(14-19)15(10-8-9-13-21(4,5)6)17(2,3)12-11-16(18)20/h1,15-16,19-20H,8,10-12,14H2,2-6H3/t15-,16+,18-/m0/s1. The van der Waals surface area contributed by atoms with Gasteiger partial charge in [0.25, 0.3) is 0 Å². The van der Waals surface area contributed by atoms with Gasteiger partial charge in [-0.15, -0.1) is 17.9 Å². The van der Waals surface area contributed by atoms with E-state index in [9.17, 15) is 10.2 Å². The largest absolute Gasteiger partial charge is 0.395 e. The molecule has 2 N–H and O–H groups in total. The molecule has 118 valence electrons. The maximum absolute atomic E-state index is 10.4. The van der Waals surface area contributed by atoms with Crippen molar-refractivity contribution in [2.24, 2.45) is 16.7 Å². The van der Waals surface area contributed by atoms with Gasteiger partial charge >= 0.3 is 0 Å². The van der Waals surface area contributed by atoms with Gasteiger partial charge in [-0.2, -0.15) is 0 Å². The Morgan fingerprint density at radius 3 is 2.38 bits per heavy atom. The van der Waals surface area contributed by atoms with Gasteiger partial charge in [-0.25, -0.2) is 0 Å². The number of rotatable bonds is 3. The van der Waals surface area contributed by atoms with Crippen molar-refractivity contribution in [1.29, 1.82) is 0 Å². The van der Waals surface area contributed by atoms with Crippen LogP contribution >= 0.6 is 0 Å². The highest BCUT2D eigenvalue weighted by Crippen LogP contribution is 2.52. The van der Waals surface area contributed by atoms with Gasteiger partial charge in [0.05, 0.1) is 18.1 Å². The maximum Gasteiger partial charge on any atom is 0.129 e. The molecule has 3 atom stereocenters. The molecule has 1 aliphatic carbocycles. The Morgan fingerprint density at radius 2 is 1.90 bits per heavy atom. The summed E-state index contributed by atoms with van der Waals surface area (Å²) in [6.07, 6.45) is 8.33. The summed E-state index contributed by atoms with van der Waals surface area (Å²) in [4.78, 5) is 0. The second kappa shape index (κ2) is 6.57. The van der Waals surface area contributed by atoms with Crippen LogP contribution < -0.4 is 0 Å². The first-order valence-electron chi connectivity index (χ1n) is 7.86. The summed E-state index contributed by atoms with van der Waals surface area (Å²) < 4.78 is 0. The lowest BCUT2D eigenvalue weighted by atomic mass is 9.54. The minimum Gasteiger partial charge on any atom is -0.395 e. The molecule has 0 aromatic rings. The van der Waals surface area contributed by atoms with Crippen molar-refractivity contribution in [1.82, 2.24) is 0 Å². The molecule has 0 spiro atoms. The summed E-state index contributed by atoms with van der Waals surface area (Å²) in [5, 5.41) is 20.2. The third kappa shape index (κ3) is 4.13. The molecule has 0 radical (unpaired) electrons. The van der Waals surface area contributed by atoms with Crippen LogP contribution in [0.4, 0.5) is 0 Å². The van der Waals surface area contributed by atoms with Gasteiger partial charge in [-0.1, -0.05) is 39.4 Å². The Balaban J connectivity index is 2.96. The van der Waals surface area contributed by atoms with E-state index in [1.54, 1.807) is 0 Å². The second-order valence-corrected chi connectivity index (χ2v) is 12.8. The van der Waals surface area contributed by atoms with Gasteiger partial charge < -0.3 is 10.2 Å². The van der Waals surface area contributed by atoms with E-state index in [0.717, 1.165) is 19.3 Å². The summed E-state index contributed by atoms with van der Waals surface area (Å²) >= 11 is 0. The van der Waals surface area contributed by atoms with E-state index in [4.69, 9.17) is 6.42 Å². The quantitative estimate of drug-likeness (QED) is 0.621. The molecule has 1 fully saturated rings. The summed E-state index contributed by atoms with van der Waals surface area (Å²) in [5.41, 5.74) is 2.58. The van der Waals surface area contributed by atoms with Crippen molar-refractivity contribution in [3.8, 4) is 23.8 Å². The van der Waals surface area contributed by atoms with Crippen molar-refractivity contribution in [2.45, 2.75) is 65.3 Å². The van der Waals surface area contributed by atoms with Gasteiger partial charge in [-0.05, 0) is 30.6 Å². The molecule has 0 heterocycles. The fourth-order valence-electron chi connectivity index (χ4n) is 3.52. The van der Waals surface area contributed by atoms with Crippen LogP contribution in [0, 0.1) is 40.6 Å². The Morgan fingerprint density at radius 1 is 1.29 bits per heavy atom. The Bertz CT molecular complexity index is 458. The van der Waals surface area contributed by atoms with E-state index < -0.39 is 19.6 Å². The average Bonchev–Trinajstić information content (AvgIpc) is 2.38. The summed E-state index contributed by atoms with van der Waals surface area (Å²) in [7, 11) is -1.35. The van der Waals surface area contributed by atoms with Gasteiger partial charge in [0.15, 0.2) is 0 Å². The van der Waals surface area contributed by atoms with E-state index in [0.29, 0.717) is 6.42 Å². The number of aliphatic hydroxyl groups is 2. The molecule has 2 nitrogen and oxygen atoms in total. The third-order valence-corrected chi connectivity index (χ3v) is 5.70. The predicted molar refractivity (Wildman–Crippen MR) is 91.2 cm³/mol. The molecule has 0 unspecified atom stereocenters. The molecule has 21 heavy (non-hydrogen) atoms. The van der Waals surface area contributed by atoms with Crippen LogP contribution in [0.1, 0.15) is 39.5 Å². The molecular formula is C18H30O2Si. The topological polar surface area (TPSA) is 40.5 Å². The van der Waals surface area contributed by atoms with Crippen molar-refractivity contribution in [3.05, 3.63) is 0 Å². The van der Waals surface area contributed by atoms with E-state index in [-0.39, 0.29) is 17.9 Å². The number of terminal acetylenes is 1. The summed E-state index contributed by atoms with van der Waals surface area (Å²) in [6, 6.07) is 0. The minimum absolute atomic E-state index is 0.0230. The van der Waals surface area contributed by atoms with Gasteiger partial charge in [-0.3, -0.25) is 0 Å². The normalized spacial score (nSPS) is 31.9. The Hall–Kier alpha value is -0.743. The number of aliphatic hydroxyl groups excluding tert-OH is 2. The van der Waals surface area contributed by atoms with Crippen LogP contribution in [0.2, 0.25) is 19.6 Å². The first-order valence-corrected chi connectivity index (χ1v) is 11.4. The van der Waals surface area contributed by atoms with Crippen LogP contribution in [0.5, 0.6) is 0 Å². The molecular weight excluding hydrogens is 276 g/mol. The molecule has 0 aliphatic heterocycles. The molecule has 0 bridgehead atoms. The van der Waals surface area contributed by atoms with Gasteiger partial charge in [0, 0.05) is 6.42 Å². The van der Waals surface area contributed by atoms with Crippen molar-refractivity contribution >= 4 is 8.07 Å². The van der Waals surface area contributed by atoms with E-state index >= 15 is 0 Å². The molecule has 0 aromatic heterocycles. The third-order valence-electron chi connectivity index (χ3n) is 4.77. The lowest BCUT2D eigenvalue weighted by Crippen LogP contribution is -2.53. The first kappa shape index (κ1) is 18.3. The first-order chi connectivity index (χ1) is 9.59. The zero-order valence-corrected chi connectivity index (χ0v) is 15.2. The van der Waals surface area contributed by atoms with Crippen LogP contribution in [-0.4, -0.2) is 31.0 Å². The minimum atomic E-state index is -1.35. The smallest absolute Gasteiger partial charge is 0.129 e. The maximum atomic E-state index is 10.4. The van der Waals surface area contributed by atoms with Crippen LogP contribution in [0.25, 0.3) is 0 Å². The Kier molecular flexibility index (Phi) is 5.73. The zero-order chi connectivity index (χ0) is 16.3. The van der Waals surface area contributed by atoms with E-state index in [1.807, 2.05) is 0 Å². The molecule has 1 rings (SSSR count). The van der Waals surface area contributed by atoms with Gasteiger partial charge in [0.2, 0.25) is 0 Å². The monoisotopic (exact) mass is 306 g/mol. The second-order valence-electron chi connectivity index (χ2n) is 8.03. The number of hydrogen-bond acceptors (Lipinski definition) is 2. The highest BCUT2D eigenvalue weighted by atomic mass is 28.3. The molecule has 0 saturated heterocycles. The summed E-state index contributed by atoms with van der Waals surface area (Å²) in [6.45, 7) is 10.9. The highest BCUT2D eigenvalue weighted by molar-refractivity contribution is 6.83. The van der Waals surface area contributed by atoms with Gasteiger partial charge in [0.1, 0.15) is 8.07 Å². The van der Waals surface area contributed by atoms with E-state index in [1.165, 1.54) is 0 Å².